The lowest BCUT2D eigenvalue weighted by atomic mass is 10.2. The number of thiazole rings is 1. The summed E-state index contributed by atoms with van der Waals surface area (Å²) in [7, 11) is 0. The molecular weight excluding hydrogens is 309 g/mol. The Morgan fingerprint density at radius 3 is 2.70 bits per heavy atom. The van der Waals surface area contributed by atoms with E-state index < -0.39 is 11.7 Å². The van der Waals surface area contributed by atoms with Crippen molar-refractivity contribution in [3.05, 3.63) is 44.9 Å². The largest absolute Gasteiger partial charge is 0.417 e. The van der Waals surface area contributed by atoms with E-state index in [1.54, 1.807) is 16.8 Å². The molecule has 0 saturated heterocycles. The van der Waals surface area contributed by atoms with E-state index in [-0.39, 0.29) is 5.02 Å². The van der Waals surface area contributed by atoms with Crippen molar-refractivity contribution in [3.63, 3.8) is 0 Å². The molecule has 1 heterocycles. The summed E-state index contributed by atoms with van der Waals surface area (Å²) in [6.45, 7) is 2.46. The van der Waals surface area contributed by atoms with E-state index in [0.29, 0.717) is 12.2 Å². The van der Waals surface area contributed by atoms with Gasteiger partial charge in [-0.15, -0.1) is 11.3 Å². The Morgan fingerprint density at radius 2 is 2.10 bits per heavy atom. The molecule has 0 spiro atoms. The molecule has 0 radical (unpaired) electrons. The van der Waals surface area contributed by atoms with Crippen LogP contribution in [0.25, 0.3) is 0 Å². The van der Waals surface area contributed by atoms with E-state index in [2.05, 4.69) is 10.3 Å². The van der Waals surface area contributed by atoms with Crippen LogP contribution in [0.15, 0.2) is 23.7 Å². The van der Waals surface area contributed by atoms with Gasteiger partial charge in [0, 0.05) is 23.5 Å². The smallest absolute Gasteiger partial charge is 0.385 e. The number of rotatable bonds is 4. The molecular formula is C13H12ClF3N2S. The van der Waals surface area contributed by atoms with Crippen LogP contribution in [0.5, 0.6) is 0 Å². The van der Waals surface area contributed by atoms with Crippen LogP contribution in [-0.4, -0.2) is 11.5 Å². The first-order valence-corrected chi connectivity index (χ1v) is 7.13. The molecule has 1 aromatic heterocycles. The minimum absolute atomic E-state index is 0.290. The molecule has 20 heavy (non-hydrogen) atoms. The monoisotopic (exact) mass is 320 g/mol. The summed E-state index contributed by atoms with van der Waals surface area (Å²) in [5.41, 5.74) is 2.31. The molecule has 0 fully saturated rings. The van der Waals surface area contributed by atoms with Crippen molar-refractivity contribution in [2.45, 2.75) is 19.5 Å². The van der Waals surface area contributed by atoms with Crippen molar-refractivity contribution < 1.29 is 13.2 Å². The summed E-state index contributed by atoms with van der Waals surface area (Å²) in [5, 5.41) is 2.68. The average Bonchev–Trinajstić information content (AvgIpc) is 2.76. The molecule has 0 bridgehead atoms. The van der Waals surface area contributed by atoms with Crippen molar-refractivity contribution in [1.82, 2.24) is 4.98 Å². The second-order valence-electron chi connectivity index (χ2n) is 4.23. The molecule has 0 aliphatic carbocycles. The summed E-state index contributed by atoms with van der Waals surface area (Å²) in [4.78, 5) is 5.25. The number of anilines is 1. The number of aryl methyl sites for hydroxylation is 1. The van der Waals surface area contributed by atoms with Gasteiger partial charge >= 0.3 is 6.18 Å². The molecule has 0 saturated carbocycles. The minimum Gasteiger partial charge on any atom is -0.385 e. The van der Waals surface area contributed by atoms with Crippen LogP contribution in [0.4, 0.5) is 18.9 Å². The normalized spacial score (nSPS) is 11.7. The Bertz CT molecular complexity index is 596. The lowest BCUT2D eigenvalue weighted by molar-refractivity contribution is -0.137. The number of alkyl halides is 3. The highest BCUT2D eigenvalue weighted by Crippen LogP contribution is 2.36. The number of nitrogens with zero attached hydrogens (tertiary/aromatic N) is 1. The van der Waals surface area contributed by atoms with Gasteiger partial charge in [0.05, 0.1) is 21.8 Å². The van der Waals surface area contributed by atoms with Crippen LogP contribution in [0.2, 0.25) is 5.02 Å². The molecule has 0 atom stereocenters. The molecule has 1 N–H and O–H groups in total. The third-order valence-corrected chi connectivity index (χ3v) is 4.12. The average molecular weight is 321 g/mol. The highest BCUT2D eigenvalue weighted by atomic mass is 35.5. The zero-order chi connectivity index (χ0) is 14.8. The van der Waals surface area contributed by atoms with E-state index in [0.717, 1.165) is 23.1 Å². The van der Waals surface area contributed by atoms with Crippen LogP contribution in [0.3, 0.4) is 0 Å². The van der Waals surface area contributed by atoms with E-state index in [1.807, 2.05) is 6.92 Å². The molecule has 0 aliphatic heterocycles. The van der Waals surface area contributed by atoms with Gasteiger partial charge < -0.3 is 5.32 Å². The Kier molecular flexibility index (Phi) is 4.55. The van der Waals surface area contributed by atoms with E-state index >= 15 is 0 Å². The van der Waals surface area contributed by atoms with Crippen LogP contribution in [-0.2, 0) is 12.6 Å². The summed E-state index contributed by atoms with van der Waals surface area (Å²) in [6.07, 6.45) is -3.72. The summed E-state index contributed by atoms with van der Waals surface area (Å²) < 4.78 is 38.1. The van der Waals surface area contributed by atoms with Crippen LogP contribution >= 0.6 is 22.9 Å². The fourth-order valence-electron chi connectivity index (χ4n) is 1.74. The lowest BCUT2D eigenvalue weighted by Gasteiger charge is -2.12. The van der Waals surface area contributed by atoms with Gasteiger partial charge in [-0.25, -0.2) is 4.98 Å². The quantitative estimate of drug-likeness (QED) is 0.877. The Morgan fingerprint density at radius 1 is 1.35 bits per heavy atom. The summed E-state index contributed by atoms with van der Waals surface area (Å²) in [6, 6.07) is 3.82. The van der Waals surface area contributed by atoms with Gasteiger partial charge in [-0.2, -0.15) is 13.2 Å². The van der Waals surface area contributed by atoms with Gasteiger partial charge in [-0.1, -0.05) is 11.6 Å². The number of benzene rings is 1. The molecule has 2 rings (SSSR count). The third-order valence-electron chi connectivity index (χ3n) is 2.80. The Hall–Kier alpha value is -1.27. The molecule has 7 heteroatoms. The number of nitrogens with one attached hydrogen (secondary N) is 1. The first kappa shape index (κ1) is 15.1. The van der Waals surface area contributed by atoms with E-state index in [9.17, 15) is 13.2 Å². The van der Waals surface area contributed by atoms with Gasteiger partial charge in [0.15, 0.2) is 0 Å². The van der Waals surface area contributed by atoms with Crippen molar-refractivity contribution in [2.24, 2.45) is 0 Å². The molecule has 0 aliphatic rings. The number of halogens is 4. The maximum absolute atomic E-state index is 12.7. The standard InChI is InChI=1S/C13H12ClF3N2S/c1-8-12(20-7-19-8)4-5-18-9-2-3-11(14)10(6-9)13(15,16)17/h2-3,6-7,18H,4-5H2,1H3. The number of hydrogen-bond donors (Lipinski definition) is 1. The predicted octanol–water partition coefficient (Wildman–Crippen LogP) is 4.78. The van der Waals surface area contributed by atoms with Gasteiger partial charge in [-0.05, 0) is 25.1 Å². The van der Waals surface area contributed by atoms with Gasteiger partial charge in [-0.3, -0.25) is 0 Å². The SMILES string of the molecule is Cc1ncsc1CCNc1ccc(Cl)c(C(F)(F)F)c1. The summed E-state index contributed by atoms with van der Waals surface area (Å²) in [5.74, 6) is 0. The fourth-order valence-corrected chi connectivity index (χ4v) is 2.74. The molecule has 1 aromatic carbocycles. The van der Waals surface area contributed by atoms with Crippen molar-refractivity contribution in [3.8, 4) is 0 Å². The van der Waals surface area contributed by atoms with Gasteiger partial charge in [0.25, 0.3) is 0 Å². The molecule has 2 aromatic rings. The fraction of sp³-hybridized carbons (Fsp3) is 0.308. The molecule has 0 unspecified atom stereocenters. The Balaban J connectivity index is 2.02. The predicted molar refractivity (Wildman–Crippen MR) is 75.5 cm³/mol. The van der Waals surface area contributed by atoms with Crippen molar-refractivity contribution >= 4 is 28.6 Å². The zero-order valence-corrected chi connectivity index (χ0v) is 12.2. The number of hydrogen-bond acceptors (Lipinski definition) is 3. The maximum atomic E-state index is 12.7. The van der Waals surface area contributed by atoms with Crippen LogP contribution in [0.1, 0.15) is 16.1 Å². The Labute approximate surface area is 123 Å². The van der Waals surface area contributed by atoms with Gasteiger partial charge in [0.2, 0.25) is 0 Å². The first-order chi connectivity index (χ1) is 9.38. The molecule has 108 valence electrons. The minimum atomic E-state index is -4.44. The highest BCUT2D eigenvalue weighted by Gasteiger charge is 2.33. The molecule has 2 nitrogen and oxygen atoms in total. The van der Waals surface area contributed by atoms with Gasteiger partial charge in [0.1, 0.15) is 0 Å². The topological polar surface area (TPSA) is 24.9 Å². The maximum Gasteiger partial charge on any atom is 0.417 e. The van der Waals surface area contributed by atoms with Crippen LogP contribution in [0, 0.1) is 6.92 Å². The number of aromatic nitrogens is 1. The second-order valence-corrected chi connectivity index (χ2v) is 5.58. The van der Waals surface area contributed by atoms with E-state index in [1.165, 1.54) is 12.1 Å². The first-order valence-electron chi connectivity index (χ1n) is 5.87. The molecule has 0 amide bonds. The second kappa shape index (κ2) is 6.01. The van der Waals surface area contributed by atoms with Crippen molar-refractivity contribution in [1.29, 1.82) is 0 Å². The lowest BCUT2D eigenvalue weighted by Crippen LogP contribution is -2.09. The van der Waals surface area contributed by atoms with Crippen LogP contribution < -0.4 is 5.32 Å². The summed E-state index contributed by atoms with van der Waals surface area (Å²) >= 11 is 7.10. The van der Waals surface area contributed by atoms with Crippen molar-refractivity contribution in [2.75, 3.05) is 11.9 Å². The third kappa shape index (κ3) is 3.64. The van der Waals surface area contributed by atoms with E-state index in [4.69, 9.17) is 11.6 Å². The highest BCUT2D eigenvalue weighted by molar-refractivity contribution is 7.09. The zero-order valence-electron chi connectivity index (χ0n) is 10.6.